The summed E-state index contributed by atoms with van der Waals surface area (Å²) in [5.74, 6) is 3.69. The van der Waals surface area contributed by atoms with Crippen molar-refractivity contribution in [1.29, 1.82) is 0 Å². The average molecular weight is 444 g/mol. The van der Waals surface area contributed by atoms with Crippen LogP contribution in [-0.4, -0.2) is 61.6 Å². The Morgan fingerprint density at radius 1 is 1.09 bits per heavy atom. The number of ether oxygens (including phenoxy) is 1. The maximum Gasteiger partial charge on any atom is 0.222 e. The van der Waals surface area contributed by atoms with Gasteiger partial charge in [0.2, 0.25) is 5.95 Å². The third-order valence-corrected chi connectivity index (χ3v) is 6.55. The van der Waals surface area contributed by atoms with E-state index in [0.717, 1.165) is 61.0 Å². The van der Waals surface area contributed by atoms with Gasteiger partial charge in [0.15, 0.2) is 0 Å². The Labute approximate surface area is 190 Å². The van der Waals surface area contributed by atoms with E-state index in [1.807, 2.05) is 18.5 Å². The molecule has 4 heterocycles. The molecule has 168 valence electrons. The molecule has 1 aliphatic carbocycles. The lowest BCUT2D eigenvalue weighted by molar-refractivity contribution is 0.415. The number of hydrogen-bond acceptors (Lipinski definition) is 8. The Hall–Kier alpha value is -3.95. The number of rotatable bonds is 6. The number of hydrogen-bond donors (Lipinski definition) is 3. The van der Waals surface area contributed by atoms with Gasteiger partial charge in [-0.15, -0.1) is 0 Å². The third-order valence-electron chi connectivity index (χ3n) is 6.55. The minimum atomic E-state index is 0.257. The number of aromatic nitrogens is 7. The molecular weight excluding hydrogens is 418 g/mol. The van der Waals surface area contributed by atoms with Crippen LogP contribution in [0.2, 0.25) is 0 Å². The van der Waals surface area contributed by atoms with Crippen LogP contribution in [0.15, 0.2) is 43.0 Å². The zero-order valence-corrected chi connectivity index (χ0v) is 18.3. The van der Waals surface area contributed by atoms with Crippen molar-refractivity contribution >= 4 is 11.8 Å². The highest BCUT2D eigenvalue weighted by Gasteiger charge is 2.28. The number of nitrogens with zero attached hydrogens (tertiary/aromatic N) is 6. The number of aromatic amines is 2. The van der Waals surface area contributed by atoms with Crippen LogP contribution < -0.4 is 15.0 Å². The van der Waals surface area contributed by atoms with Crippen molar-refractivity contribution in [2.75, 3.05) is 30.4 Å². The van der Waals surface area contributed by atoms with Gasteiger partial charge in [0.25, 0.3) is 0 Å². The average Bonchev–Trinajstić information content (AvgIpc) is 3.64. The lowest BCUT2D eigenvalue weighted by Gasteiger charge is -2.15. The largest absolute Gasteiger partial charge is 0.496 e. The molecule has 2 unspecified atom stereocenters. The standard InChI is InChI=1S/C23H25N9O/c1-33-20-10-16-8-17(28-23-24-4-2-5-25-23)7-15(16)9-18(20)22-26-12-21(29-22)32-6-3-14(13-32)19-11-27-31-30-19/h2,4-5,9-12,14,17H,3,6-8,13H2,1H3,(H,26,29)(H,24,25,28)(H,27,30,31). The second-order valence-electron chi connectivity index (χ2n) is 8.59. The van der Waals surface area contributed by atoms with E-state index in [1.54, 1.807) is 19.5 Å². The molecule has 1 aromatic carbocycles. The Balaban J connectivity index is 1.21. The second-order valence-corrected chi connectivity index (χ2v) is 8.59. The van der Waals surface area contributed by atoms with Gasteiger partial charge in [0.1, 0.15) is 17.4 Å². The minimum Gasteiger partial charge on any atom is -0.496 e. The van der Waals surface area contributed by atoms with E-state index in [4.69, 9.17) is 9.72 Å². The Morgan fingerprint density at radius 2 is 1.94 bits per heavy atom. The molecule has 0 radical (unpaired) electrons. The molecule has 1 aliphatic heterocycles. The highest BCUT2D eigenvalue weighted by molar-refractivity contribution is 5.69. The summed E-state index contributed by atoms with van der Waals surface area (Å²) in [4.78, 5) is 19.1. The summed E-state index contributed by atoms with van der Waals surface area (Å²) in [7, 11) is 1.71. The fourth-order valence-corrected chi connectivity index (χ4v) is 4.90. The highest BCUT2D eigenvalue weighted by atomic mass is 16.5. The van der Waals surface area contributed by atoms with Gasteiger partial charge >= 0.3 is 0 Å². The lowest BCUT2D eigenvalue weighted by atomic mass is 10.0. The molecule has 2 aliphatic rings. The number of imidazole rings is 1. The summed E-state index contributed by atoms with van der Waals surface area (Å²) >= 11 is 0. The van der Waals surface area contributed by atoms with E-state index in [0.29, 0.717) is 11.9 Å². The van der Waals surface area contributed by atoms with Crippen LogP contribution in [0.25, 0.3) is 11.4 Å². The second kappa shape index (κ2) is 8.19. The summed E-state index contributed by atoms with van der Waals surface area (Å²) in [5.41, 5.74) is 4.57. The first kappa shape index (κ1) is 19.7. The molecule has 33 heavy (non-hydrogen) atoms. The van der Waals surface area contributed by atoms with Crippen molar-refractivity contribution in [2.24, 2.45) is 0 Å². The van der Waals surface area contributed by atoms with Gasteiger partial charge in [-0.25, -0.2) is 15.0 Å². The topological polar surface area (TPSA) is 121 Å². The number of fused-ring (bicyclic) bond motifs is 1. The van der Waals surface area contributed by atoms with E-state index < -0.39 is 0 Å². The van der Waals surface area contributed by atoms with Gasteiger partial charge in [-0.1, -0.05) is 0 Å². The molecule has 0 saturated carbocycles. The molecule has 0 spiro atoms. The van der Waals surface area contributed by atoms with Crippen LogP contribution in [0.5, 0.6) is 5.75 Å². The van der Waals surface area contributed by atoms with Crippen LogP contribution in [-0.2, 0) is 12.8 Å². The number of nitrogens with one attached hydrogen (secondary N) is 3. The smallest absolute Gasteiger partial charge is 0.222 e. The van der Waals surface area contributed by atoms with Gasteiger partial charge in [-0.2, -0.15) is 15.4 Å². The normalized spacial score (nSPS) is 19.6. The minimum absolute atomic E-state index is 0.257. The number of benzene rings is 1. The van der Waals surface area contributed by atoms with Crippen molar-refractivity contribution in [3.8, 4) is 17.1 Å². The summed E-state index contributed by atoms with van der Waals surface area (Å²) in [6, 6.07) is 6.41. The molecule has 2 atom stereocenters. The summed E-state index contributed by atoms with van der Waals surface area (Å²) < 4.78 is 5.74. The zero-order chi connectivity index (χ0) is 22.2. The van der Waals surface area contributed by atoms with E-state index in [2.05, 4.69) is 52.7 Å². The molecule has 10 nitrogen and oxygen atoms in total. The third kappa shape index (κ3) is 3.77. The van der Waals surface area contributed by atoms with Gasteiger partial charge in [-0.05, 0) is 48.6 Å². The summed E-state index contributed by atoms with van der Waals surface area (Å²) in [6.07, 6.45) is 10.1. The van der Waals surface area contributed by atoms with Crippen LogP contribution in [0.1, 0.15) is 29.2 Å². The van der Waals surface area contributed by atoms with Crippen molar-refractivity contribution < 1.29 is 4.74 Å². The Morgan fingerprint density at radius 3 is 2.73 bits per heavy atom. The fraction of sp³-hybridized carbons (Fsp3) is 0.348. The molecule has 0 amide bonds. The molecule has 3 aromatic heterocycles. The number of anilines is 2. The van der Waals surface area contributed by atoms with Crippen LogP contribution >= 0.6 is 0 Å². The van der Waals surface area contributed by atoms with Crippen LogP contribution in [0, 0.1) is 0 Å². The quantitative estimate of drug-likeness (QED) is 0.416. The molecule has 1 saturated heterocycles. The maximum absolute atomic E-state index is 5.74. The summed E-state index contributed by atoms with van der Waals surface area (Å²) in [6.45, 7) is 1.85. The molecule has 1 fully saturated rings. The predicted molar refractivity (Wildman–Crippen MR) is 123 cm³/mol. The van der Waals surface area contributed by atoms with E-state index >= 15 is 0 Å². The molecule has 0 bridgehead atoms. The van der Waals surface area contributed by atoms with Crippen molar-refractivity contribution in [3.63, 3.8) is 0 Å². The van der Waals surface area contributed by atoms with Crippen LogP contribution in [0.4, 0.5) is 11.8 Å². The SMILES string of the molecule is COc1cc2c(cc1-c1ncc(N3CCC(c4cn[nH]n4)C3)[nH]1)CC(Nc1ncccn1)C2. The maximum atomic E-state index is 5.74. The van der Waals surface area contributed by atoms with Gasteiger partial charge in [0, 0.05) is 37.4 Å². The number of methoxy groups -OCH3 is 1. The van der Waals surface area contributed by atoms with E-state index in [1.165, 1.54) is 11.1 Å². The summed E-state index contributed by atoms with van der Waals surface area (Å²) in [5, 5.41) is 14.3. The van der Waals surface area contributed by atoms with Crippen molar-refractivity contribution in [3.05, 3.63) is 59.8 Å². The first-order valence-electron chi connectivity index (χ1n) is 11.2. The van der Waals surface area contributed by atoms with Crippen molar-refractivity contribution in [1.82, 2.24) is 35.3 Å². The first-order chi connectivity index (χ1) is 16.3. The molecule has 4 aromatic rings. The van der Waals surface area contributed by atoms with Crippen LogP contribution in [0.3, 0.4) is 0 Å². The monoisotopic (exact) mass is 443 g/mol. The number of H-pyrrole nitrogens is 2. The predicted octanol–water partition coefficient (Wildman–Crippen LogP) is 2.57. The van der Waals surface area contributed by atoms with E-state index in [9.17, 15) is 0 Å². The fourth-order valence-electron chi connectivity index (χ4n) is 4.90. The van der Waals surface area contributed by atoms with Gasteiger partial charge < -0.3 is 19.9 Å². The van der Waals surface area contributed by atoms with E-state index in [-0.39, 0.29) is 6.04 Å². The van der Waals surface area contributed by atoms with Gasteiger partial charge in [0.05, 0.1) is 30.8 Å². The van der Waals surface area contributed by atoms with Gasteiger partial charge in [-0.3, -0.25) is 0 Å². The lowest BCUT2D eigenvalue weighted by Crippen LogP contribution is -2.20. The Kier molecular flexibility index (Phi) is 4.89. The molecular formula is C23H25N9O. The molecule has 6 rings (SSSR count). The van der Waals surface area contributed by atoms with Crippen molar-refractivity contribution in [2.45, 2.75) is 31.2 Å². The zero-order valence-electron chi connectivity index (χ0n) is 18.3. The first-order valence-corrected chi connectivity index (χ1v) is 11.2. The molecule has 10 heteroatoms. The Bertz CT molecular complexity index is 1240. The highest BCUT2D eigenvalue weighted by Crippen LogP contribution is 2.37. The molecule has 3 N–H and O–H groups in total.